The second-order valence-electron chi connectivity index (χ2n) is 10.7. The average molecular weight is 610 g/mol. The van der Waals surface area contributed by atoms with Crippen LogP contribution in [0.3, 0.4) is 0 Å². The number of piperidine rings is 2. The summed E-state index contributed by atoms with van der Waals surface area (Å²) in [6, 6.07) is 13.1. The molecule has 13 heteroatoms. The van der Waals surface area contributed by atoms with Crippen LogP contribution in [0.2, 0.25) is 0 Å². The molecule has 1 unspecified atom stereocenters. The molecule has 0 aromatic heterocycles. The van der Waals surface area contributed by atoms with Gasteiger partial charge < -0.3 is 28.7 Å². The zero-order valence-corrected chi connectivity index (χ0v) is 25.1. The lowest BCUT2D eigenvalue weighted by molar-refractivity contribution is 0.0705. The van der Waals surface area contributed by atoms with Gasteiger partial charge in [0.2, 0.25) is 5.84 Å². The van der Waals surface area contributed by atoms with Gasteiger partial charge in [0.1, 0.15) is 24.2 Å². The molecule has 6 rings (SSSR count). The highest BCUT2D eigenvalue weighted by Gasteiger charge is 2.36. The molecule has 1 atom stereocenters. The summed E-state index contributed by atoms with van der Waals surface area (Å²) in [6.07, 6.45) is 2.40. The van der Waals surface area contributed by atoms with Crippen LogP contribution in [0.15, 0.2) is 51.3 Å². The lowest BCUT2D eigenvalue weighted by atomic mass is 10.00. The minimum atomic E-state index is -1.64. The number of para-hydroxylation sites is 1. The van der Waals surface area contributed by atoms with Crippen LogP contribution in [-0.2, 0) is 27.3 Å². The van der Waals surface area contributed by atoms with Crippen molar-refractivity contribution < 1.29 is 32.7 Å². The van der Waals surface area contributed by atoms with Gasteiger partial charge in [-0.2, -0.15) is 0 Å². The molecule has 2 aromatic carbocycles. The Morgan fingerprint density at radius 1 is 1.05 bits per heavy atom. The fourth-order valence-electron chi connectivity index (χ4n) is 5.98. The largest absolute Gasteiger partial charge is 0.496 e. The van der Waals surface area contributed by atoms with E-state index >= 15 is 0 Å². The molecule has 0 N–H and O–H groups in total. The molecule has 228 valence electrons. The van der Waals surface area contributed by atoms with Crippen LogP contribution in [0, 0.1) is 0 Å². The van der Waals surface area contributed by atoms with E-state index in [1.54, 1.807) is 30.2 Å². The first kappa shape index (κ1) is 29.0. The molecule has 0 bridgehead atoms. The van der Waals surface area contributed by atoms with Gasteiger partial charge in [0, 0.05) is 56.7 Å². The van der Waals surface area contributed by atoms with Gasteiger partial charge in [-0.05, 0) is 38.0 Å². The van der Waals surface area contributed by atoms with E-state index in [1.165, 1.54) is 0 Å². The predicted molar refractivity (Wildman–Crippen MR) is 161 cm³/mol. The number of benzene rings is 2. The Morgan fingerprint density at radius 3 is 2.56 bits per heavy atom. The maximum atomic E-state index is 13.5. The predicted octanol–water partition coefficient (Wildman–Crippen LogP) is 3.73. The molecule has 0 spiro atoms. The van der Waals surface area contributed by atoms with Crippen molar-refractivity contribution >= 4 is 40.6 Å². The maximum Gasteiger partial charge on any atom is 0.414 e. The quantitative estimate of drug-likeness (QED) is 0.486. The molecule has 43 heavy (non-hydrogen) atoms. The van der Waals surface area contributed by atoms with Crippen molar-refractivity contribution in [3.63, 3.8) is 0 Å². The van der Waals surface area contributed by atoms with E-state index in [0.29, 0.717) is 74.4 Å². The third-order valence-electron chi connectivity index (χ3n) is 8.16. The topological polar surface area (TPSA) is 123 Å². The van der Waals surface area contributed by atoms with Crippen molar-refractivity contribution in [2.24, 2.45) is 8.80 Å². The number of amides is 2. The number of cyclic esters (lactones) is 1. The molecule has 0 aliphatic carbocycles. The second-order valence-corrected chi connectivity index (χ2v) is 11.5. The summed E-state index contributed by atoms with van der Waals surface area (Å²) < 4.78 is 42.7. The lowest BCUT2D eigenvalue weighted by Crippen LogP contribution is -2.50. The summed E-state index contributed by atoms with van der Waals surface area (Å²) in [4.78, 5) is 31.7. The summed E-state index contributed by atoms with van der Waals surface area (Å²) in [5.41, 5.74) is 2.35. The molecule has 2 fully saturated rings. The normalized spacial score (nSPS) is 21.1. The smallest absolute Gasteiger partial charge is 0.414 e. The number of fused-ring (bicyclic) bond motifs is 1. The number of ether oxygens (including phenoxy) is 4. The van der Waals surface area contributed by atoms with Gasteiger partial charge in [0.25, 0.3) is 23.0 Å². The van der Waals surface area contributed by atoms with Crippen molar-refractivity contribution in [3.8, 4) is 11.5 Å². The summed E-state index contributed by atoms with van der Waals surface area (Å²) in [6.45, 7) is 4.93. The summed E-state index contributed by atoms with van der Waals surface area (Å²) >= 11 is -1.64. The first-order valence-corrected chi connectivity index (χ1v) is 15.7. The van der Waals surface area contributed by atoms with Crippen molar-refractivity contribution in [2.75, 3.05) is 44.8 Å². The van der Waals surface area contributed by atoms with Crippen molar-refractivity contribution in [1.82, 2.24) is 9.80 Å². The van der Waals surface area contributed by atoms with Gasteiger partial charge in [-0.3, -0.25) is 9.69 Å². The lowest BCUT2D eigenvalue weighted by Gasteiger charge is -2.40. The summed E-state index contributed by atoms with van der Waals surface area (Å²) in [5, 5.41) is 0. The molecule has 2 aromatic rings. The molecular weight excluding hydrogens is 574 g/mol. The number of rotatable bonds is 6. The molecule has 12 nitrogen and oxygen atoms in total. The van der Waals surface area contributed by atoms with Crippen molar-refractivity contribution in [2.45, 2.75) is 51.4 Å². The summed E-state index contributed by atoms with van der Waals surface area (Å²) in [7, 11) is 1.55. The SMILES string of the molecule is CCOC1=NS(=O)N=C1N1CCC(Oc2ccc(C(=O)N3CCC(N4C(=O)OCc5ccccc54)CC3)c(OC)c2)CC1. The van der Waals surface area contributed by atoms with Gasteiger partial charge in [-0.1, -0.05) is 18.2 Å². The van der Waals surface area contributed by atoms with Crippen LogP contribution < -0.4 is 14.4 Å². The fourth-order valence-corrected chi connectivity index (χ4v) is 6.64. The van der Waals surface area contributed by atoms with E-state index in [0.717, 1.165) is 24.1 Å². The number of anilines is 1. The van der Waals surface area contributed by atoms with Gasteiger partial charge >= 0.3 is 6.09 Å². The van der Waals surface area contributed by atoms with Gasteiger partial charge in [0.05, 0.1) is 25.0 Å². The zero-order valence-electron chi connectivity index (χ0n) is 24.3. The molecular formula is C30H35N5O7S. The van der Waals surface area contributed by atoms with Crippen LogP contribution in [0.1, 0.15) is 48.5 Å². The molecule has 0 radical (unpaired) electrons. The number of carbonyl (C=O) groups is 2. The number of likely N-dealkylation sites (tertiary alicyclic amines) is 2. The minimum absolute atomic E-state index is 0.0341. The average Bonchev–Trinajstić information content (AvgIpc) is 3.41. The van der Waals surface area contributed by atoms with Gasteiger partial charge in [-0.25, -0.2) is 9.00 Å². The highest BCUT2D eigenvalue weighted by Crippen LogP contribution is 2.33. The van der Waals surface area contributed by atoms with Crippen molar-refractivity contribution in [1.29, 1.82) is 0 Å². The van der Waals surface area contributed by atoms with E-state index < -0.39 is 11.2 Å². The summed E-state index contributed by atoms with van der Waals surface area (Å²) in [5.74, 6) is 1.83. The number of hydrogen-bond donors (Lipinski definition) is 0. The number of carbonyl (C=O) groups excluding carboxylic acids is 2. The highest BCUT2D eigenvalue weighted by atomic mass is 32.2. The molecule has 2 amide bonds. The van der Waals surface area contributed by atoms with Crippen molar-refractivity contribution in [3.05, 3.63) is 53.6 Å². The first-order valence-electron chi connectivity index (χ1n) is 14.6. The Hall–Kier alpha value is -4.13. The molecule has 0 saturated carbocycles. The Kier molecular flexibility index (Phi) is 8.50. The monoisotopic (exact) mass is 609 g/mol. The Bertz CT molecular complexity index is 1460. The number of nitrogens with zero attached hydrogens (tertiary/aromatic N) is 5. The third kappa shape index (κ3) is 6.03. The number of hydrogen-bond acceptors (Lipinski definition) is 8. The number of amidine groups is 1. The van der Waals surface area contributed by atoms with Crippen LogP contribution >= 0.6 is 0 Å². The van der Waals surface area contributed by atoms with E-state index in [9.17, 15) is 13.8 Å². The Labute approximate surface area is 253 Å². The van der Waals surface area contributed by atoms with Crippen LogP contribution in [0.25, 0.3) is 0 Å². The molecule has 4 heterocycles. The van der Waals surface area contributed by atoms with E-state index in [1.807, 2.05) is 41.0 Å². The van der Waals surface area contributed by atoms with Gasteiger partial charge in [0.15, 0.2) is 0 Å². The maximum absolute atomic E-state index is 13.5. The van der Waals surface area contributed by atoms with Crippen LogP contribution in [0.4, 0.5) is 10.5 Å². The second kappa shape index (κ2) is 12.6. The third-order valence-corrected chi connectivity index (χ3v) is 8.81. The number of methoxy groups -OCH3 is 1. The molecule has 4 aliphatic heterocycles. The molecule has 2 saturated heterocycles. The van der Waals surface area contributed by atoms with Gasteiger partial charge in [-0.15, -0.1) is 8.80 Å². The van der Waals surface area contributed by atoms with E-state index in [2.05, 4.69) is 8.80 Å². The first-order chi connectivity index (χ1) is 20.9. The minimum Gasteiger partial charge on any atom is -0.496 e. The fraction of sp³-hybridized carbons (Fsp3) is 0.467. The Balaban J connectivity index is 1.05. The standard InChI is InChI=1S/C30H35N5O7S/c1-3-40-28-27(31-43(38)32-28)33-16-12-22(13-17-33)42-23-8-9-24(26(18-23)39-2)29(36)34-14-10-21(11-15-34)35-25-7-5-4-6-20(25)19-41-30(35)37/h4-9,18,21-22H,3,10-17,19H2,1-2H3. The van der Waals surface area contributed by atoms with Crippen LogP contribution in [0.5, 0.6) is 11.5 Å². The van der Waals surface area contributed by atoms with E-state index in [4.69, 9.17) is 18.9 Å². The Morgan fingerprint density at radius 2 is 1.81 bits per heavy atom. The van der Waals surface area contributed by atoms with E-state index in [-0.39, 0.29) is 30.8 Å². The molecule has 4 aliphatic rings. The van der Waals surface area contributed by atoms with Crippen LogP contribution in [-0.4, -0.2) is 89.8 Å². The highest BCUT2D eigenvalue weighted by molar-refractivity contribution is 7.83. The zero-order chi connectivity index (χ0) is 29.9.